The minimum absolute atomic E-state index is 0.199. The van der Waals surface area contributed by atoms with Crippen molar-refractivity contribution in [1.82, 2.24) is 19.6 Å². The molecule has 0 spiro atoms. The van der Waals surface area contributed by atoms with E-state index in [9.17, 15) is 22.8 Å². The van der Waals surface area contributed by atoms with E-state index in [0.717, 1.165) is 22.4 Å². The van der Waals surface area contributed by atoms with Crippen molar-refractivity contribution >= 4 is 17.5 Å². The summed E-state index contributed by atoms with van der Waals surface area (Å²) < 4.78 is 41.6. The highest BCUT2D eigenvalue weighted by Crippen LogP contribution is 2.33. The molecule has 1 fully saturated rings. The van der Waals surface area contributed by atoms with Gasteiger partial charge >= 0.3 is 6.18 Å². The standard InChI is InChI=1S/C24H22ClF3N4O2/c1-16-13-21(33)22(29-32(16)20-8-3-2-7-19(20)24(26,27)28)23(34)31-11-9-30(10-12-31)15-17-5-4-6-18(25)14-17/h2-8,13-14H,9-12,15H2,1H3. The second-order valence-electron chi connectivity index (χ2n) is 8.12. The Hall–Kier alpha value is -3.17. The molecule has 2 heterocycles. The van der Waals surface area contributed by atoms with Crippen LogP contribution in [-0.4, -0.2) is 51.7 Å². The molecule has 0 saturated carbocycles. The highest BCUT2D eigenvalue weighted by molar-refractivity contribution is 6.30. The lowest BCUT2D eigenvalue weighted by Gasteiger charge is -2.34. The largest absolute Gasteiger partial charge is 0.418 e. The van der Waals surface area contributed by atoms with Gasteiger partial charge in [0.15, 0.2) is 5.69 Å². The molecule has 34 heavy (non-hydrogen) atoms. The van der Waals surface area contributed by atoms with Crippen molar-refractivity contribution in [1.29, 1.82) is 0 Å². The van der Waals surface area contributed by atoms with Crippen LogP contribution in [0.5, 0.6) is 0 Å². The summed E-state index contributed by atoms with van der Waals surface area (Å²) in [5.41, 5.74) is -0.908. The predicted octanol–water partition coefficient (Wildman–Crippen LogP) is 4.17. The zero-order chi connectivity index (χ0) is 24.5. The fourth-order valence-corrected chi connectivity index (χ4v) is 4.20. The highest BCUT2D eigenvalue weighted by atomic mass is 35.5. The number of piperazine rings is 1. The molecule has 0 aliphatic carbocycles. The molecule has 1 aliphatic heterocycles. The Labute approximate surface area is 199 Å². The van der Waals surface area contributed by atoms with Crippen molar-refractivity contribution in [2.75, 3.05) is 26.2 Å². The van der Waals surface area contributed by atoms with Crippen molar-refractivity contribution in [2.45, 2.75) is 19.6 Å². The molecular weight excluding hydrogens is 469 g/mol. The molecule has 0 radical (unpaired) electrons. The molecule has 0 bridgehead atoms. The SMILES string of the molecule is Cc1cc(=O)c(C(=O)N2CCN(Cc3cccc(Cl)c3)CC2)nn1-c1ccccc1C(F)(F)F. The maximum atomic E-state index is 13.5. The molecule has 1 saturated heterocycles. The number of benzene rings is 2. The molecule has 178 valence electrons. The molecule has 4 rings (SSSR count). The number of halogens is 4. The van der Waals surface area contributed by atoms with Gasteiger partial charge in [-0.25, -0.2) is 4.68 Å². The fourth-order valence-electron chi connectivity index (χ4n) is 3.99. The van der Waals surface area contributed by atoms with Crippen molar-refractivity contribution in [3.8, 4) is 5.69 Å². The van der Waals surface area contributed by atoms with Crippen LogP contribution in [0.2, 0.25) is 5.02 Å². The van der Waals surface area contributed by atoms with Gasteiger partial charge in [-0.2, -0.15) is 18.3 Å². The molecule has 1 amide bonds. The molecule has 6 nitrogen and oxygen atoms in total. The third-order valence-corrected chi connectivity index (χ3v) is 5.94. The van der Waals surface area contributed by atoms with Crippen LogP contribution in [0.3, 0.4) is 0 Å². The number of hydrogen-bond donors (Lipinski definition) is 0. The monoisotopic (exact) mass is 490 g/mol. The molecule has 2 aromatic carbocycles. The van der Waals surface area contributed by atoms with Crippen molar-refractivity contribution < 1.29 is 18.0 Å². The number of carbonyl (C=O) groups excluding carboxylic acids is 1. The van der Waals surface area contributed by atoms with Crippen LogP contribution >= 0.6 is 11.6 Å². The van der Waals surface area contributed by atoms with Crippen LogP contribution in [0, 0.1) is 6.92 Å². The molecule has 10 heteroatoms. The zero-order valence-corrected chi connectivity index (χ0v) is 19.1. The Balaban J connectivity index is 1.54. The zero-order valence-electron chi connectivity index (χ0n) is 18.3. The number of alkyl halides is 3. The lowest BCUT2D eigenvalue weighted by molar-refractivity contribution is -0.137. The molecule has 3 aromatic rings. The lowest BCUT2D eigenvalue weighted by Crippen LogP contribution is -2.49. The van der Waals surface area contributed by atoms with Crippen molar-refractivity contribution in [2.24, 2.45) is 0 Å². The maximum Gasteiger partial charge on any atom is 0.418 e. The normalized spacial score (nSPS) is 14.9. The minimum atomic E-state index is -4.61. The van der Waals surface area contributed by atoms with Crippen LogP contribution in [-0.2, 0) is 12.7 Å². The summed E-state index contributed by atoms with van der Waals surface area (Å²) in [4.78, 5) is 29.3. The molecule has 0 atom stereocenters. The summed E-state index contributed by atoms with van der Waals surface area (Å²) >= 11 is 6.04. The van der Waals surface area contributed by atoms with Crippen LogP contribution in [0.25, 0.3) is 5.69 Å². The average molecular weight is 491 g/mol. The van der Waals surface area contributed by atoms with E-state index in [0.29, 0.717) is 37.7 Å². The van der Waals surface area contributed by atoms with E-state index in [-0.39, 0.29) is 11.4 Å². The van der Waals surface area contributed by atoms with Gasteiger partial charge in [-0.3, -0.25) is 14.5 Å². The van der Waals surface area contributed by atoms with Crippen molar-refractivity contribution in [3.05, 3.63) is 92.4 Å². The van der Waals surface area contributed by atoms with Gasteiger partial charge in [0.1, 0.15) is 0 Å². The second kappa shape index (κ2) is 9.60. The predicted molar refractivity (Wildman–Crippen MR) is 122 cm³/mol. The van der Waals surface area contributed by atoms with Crippen LogP contribution in [0.15, 0.2) is 59.4 Å². The topological polar surface area (TPSA) is 58.4 Å². The van der Waals surface area contributed by atoms with E-state index in [1.165, 1.54) is 30.0 Å². The lowest BCUT2D eigenvalue weighted by atomic mass is 10.1. The first kappa shape index (κ1) is 24.0. The third kappa shape index (κ3) is 5.15. The Morgan fingerprint density at radius 2 is 1.74 bits per heavy atom. The number of para-hydroxylation sites is 1. The molecular formula is C24H22ClF3N4O2. The summed E-state index contributed by atoms with van der Waals surface area (Å²) in [6.07, 6.45) is -4.61. The number of rotatable bonds is 4. The fraction of sp³-hybridized carbons (Fsp3) is 0.292. The van der Waals surface area contributed by atoms with E-state index >= 15 is 0 Å². The smallest absolute Gasteiger partial charge is 0.335 e. The summed E-state index contributed by atoms with van der Waals surface area (Å²) in [5.74, 6) is -0.592. The van der Waals surface area contributed by atoms with E-state index < -0.39 is 28.8 Å². The second-order valence-corrected chi connectivity index (χ2v) is 8.56. The van der Waals surface area contributed by atoms with Gasteiger partial charge in [0, 0.05) is 49.5 Å². The Morgan fingerprint density at radius 1 is 1.03 bits per heavy atom. The third-order valence-electron chi connectivity index (χ3n) is 5.70. The number of amides is 1. The van der Waals surface area contributed by atoms with E-state index in [2.05, 4.69) is 10.00 Å². The van der Waals surface area contributed by atoms with Gasteiger partial charge in [-0.15, -0.1) is 0 Å². The van der Waals surface area contributed by atoms with Gasteiger partial charge < -0.3 is 4.90 Å². The van der Waals surface area contributed by atoms with Gasteiger partial charge in [0.2, 0.25) is 5.43 Å². The Morgan fingerprint density at radius 3 is 2.41 bits per heavy atom. The maximum absolute atomic E-state index is 13.5. The number of nitrogens with zero attached hydrogens (tertiary/aromatic N) is 4. The summed E-state index contributed by atoms with van der Waals surface area (Å²) in [7, 11) is 0. The van der Waals surface area contributed by atoms with Crippen LogP contribution in [0.1, 0.15) is 27.3 Å². The summed E-state index contributed by atoms with van der Waals surface area (Å²) in [6, 6.07) is 13.6. The average Bonchev–Trinajstić information content (AvgIpc) is 2.79. The number of aryl methyl sites for hydroxylation is 1. The summed E-state index contributed by atoms with van der Waals surface area (Å²) in [5, 5.41) is 4.73. The number of hydrogen-bond acceptors (Lipinski definition) is 4. The van der Waals surface area contributed by atoms with Gasteiger partial charge in [0.05, 0.1) is 11.3 Å². The first-order valence-electron chi connectivity index (χ1n) is 10.7. The Bertz CT molecular complexity index is 1270. The first-order chi connectivity index (χ1) is 16.1. The van der Waals surface area contributed by atoms with Crippen molar-refractivity contribution in [3.63, 3.8) is 0 Å². The Kier molecular flexibility index (Phi) is 6.77. The molecule has 1 aliphatic rings. The molecule has 0 N–H and O–H groups in total. The van der Waals surface area contributed by atoms with Crippen LogP contribution < -0.4 is 5.43 Å². The minimum Gasteiger partial charge on any atom is -0.335 e. The number of carbonyl (C=O) groups is 1. The van der Waals surface area contributed by atoms with E-state index in [1.54, 1.807) is 6.07 Å². The van der Waals surface area contributed by atoms with Crippen LogP contribution in [0.4, 0.5) is 13.2 Å². The highest BCUT2D eigenvalue weighted by Gasteiger charge is 2.34. The molecule has 0 unspecified atom stereocenters. The van der Waals surface area contributed by atoms with E-state index in [4.69, 9.17) is 11.6 Å². The van der Waals surface area contributed by atoms with Gasteiger partial charge in [-0.05, 0) is 36.8 Å². The van der Waals surface area contributed by atoms with Gasteiger partial charge in [-0.1, -0.05) is 35.9 Å². The summed E-state index contributed by atoms with van der Waals surface area (Å²) in [6.45, 7) is 4.04. The quantitative estimate of drug-likeness (QED) is 0.551. The first-order valence-corrected chi connectivity index (χ1v) is 11.0. The van der Waals surface area contributed by atoms with Gasteiger partial charge in [0.25, 0.3) is 5.91 Å². The number of aromatic nitrogens is 2. The molecule has 1 aromatic heterocycles. The van der Waals surface area contributed by atoms with E-state index in [1.807, 2.05) is 18.2 Å².